The van der Waals surface area contributed by atoms with Crippen LogP contribution in [0.25, 0.3) is 0 Å². The number of carbonyl (C=O) groups is 2. The van der Waals surface area contributed by atoms with Crippen molar-refractivity contribution in [2.24, 2.45) is 5.73 Å². The first-order valence-electron chi connectivity index (χ1n) is 22.5. The predicted octanol–water partition coefficient (Wildman–Crippen LogP) is 13.1. The zero-order valence-corrected chi connectivity index (χ0v) is 35.9. The van der Waals surface area contributed by atoms with Gasteiger partial charge in [0.25, 0.3) is 0 Å². The predicted molar refractivity (Wildman–Crippen MR) is 220 cm³/mol. The molecule has 0 aliphatic heterocycles. The molecule has 316 valence electrons. The van der Waals surface area contributed by atoms with Crippen molar-refractivity contribution in [2.45, 2.75) is 232 Å². The summed E-state index contributed by atoms with van der Waals surface area (Å²) >= 11 is 0. The quantitative estimate of drug-likeness (QED) is 0.0366. The Morgan fingerprint density at radius 3 is 1.19 bits per heavy atom. The molecule has 0 radical (unpaired) electrons. The molecule has 0 fully saturated rings. The fourth-order valence-electron chi connectivity index (χ4n) is 6.51. The highest BCUT2D eigenvalue weighted by Gasteiger charge is 2.29. The van der Waals surface area contributed by atoms with Gasteiger partial charge in [-0.2, -0.15) is 0 Å². The Balaban J connectivity index is 4.28. The number of ether oxygens (including phenoxy) is 2. The molecule has 0 spiro atoms. The summed E-state index contributed by atoms with van der Waals surface area (Å²) in [6.07, 6.45) is 37.4. The molecule has 0 rings (SSSR count). The molecule has 0 aromatic rings. The van der Waals surface area contributed by atoms with Gasteiger partial charge in [-0.3, -0.25) is 23.2 Å². The number of nitrogens with two attached hydrogens (primary N) is 1. The molecule has 2 N–H and O–H groups in total. The lowest BCUT2D eigenvalue weighted by atomic mass is 10.0. The molecule has 10 heteroatoms. The van der Waals surface area contributed by atoms with E-state index in [9.17, 15) is 14.2 Å². The maximum Gasteiger partial charge on any atom is 0.474 e. The van der Waals surface area contributed by atoms with Gasteiger partial charge in [0, 0.05) is 19.4 Å². The van der Waals surface area contributed by atoms with Gasteiger partial charge in [-0.05, 0) is 19.8 Å². The van der Waals surface area contributed by atoms with Crippen molar-refractivity contribution >= 4 is 19.8 Å². The maximum atomic E-state index is 12.9. The van der Waals surface area contributed by atoms with E-state index in [1.807, 2.05) is 0 Å². The van der Waals surface area contributed by atoms with E-state index >= 15 is 0 Å². The lowest BCUT2D eigenvalue weighted by Crippen LogP contribution is -2.29. The number of unbranched alkanes of at least 4 members (excludes halogenated alkanes) is 28. The number of carbonyl (C=O) groups excluding carboxylic acids is 2. The molecule has 0 heterocycles. The summed E-state index contributed by atoms with van der Waals surface area (Å²) in [7, 11) is -3.89. The molecule has 9 nitrogen and oxygen atoms in total. The van der Waals surface area contributed by atoms with Crippen LogP contribution in [0.15, 0.2) is 0 Å². The Morgan fingerprint density at radius 1 is 0.472 bits per heavy atom. The van der Waals surface area contributed by atoms with Crippen LogP contribution in [0.4, 0.5) is 0 Å². The summed E-state index contributed by atoms with van der Waals surface area (Å²) in [5, 5.41) is 0. The zero-order chi connectivity index (χ0) is 38.9. The molecule has 1 unspecified atom stereocenters. The summed E-state index contributed by atoms with van der Waals surface area (Å²) in [6, 6.07) is 0. The Bertz CT molecular complexity index is 845. The molecule has 0 aliphatic rings. The second-order valence-electron chi connectivity index (χ2n) is 15.0. The second kappa shape index (κ2) is 40.7. The fraction of sp³-hybridized carbons (Fsp3) is 0.953. The first-order valence-corrected chi connectivity index (χ1v) is 24.0. The molecule has 0 saturated heterocycles. The number of rotatable bonds is 43. The van der Waals surface area contributed by atoms with E-state index in [1.165, 1.54) is 154 Å². The highest BCUT2D eigenvalue weighted by atomic mass is 31.2. The Morgan fingerprint density at radius 2 is 0.830 bits per heavy atom. The molecule has 0 aromatic heterocycles. The van der Waals surface area contributed by atoms with Crippen LogP contribution in [0, 0.1) is 0 Å². The van der Waals surface area contributed by atoms with Gasteiger partial charge < -0.3 is 15.2 Å². The Kier molecular flexibility index (Phi) is 39.9. The van der Waals surface area contributed by atoms with Crippen LogP contribution in [0.3, 0.4) is 0 Å². The minimum atomic E-state index is -3.89. The number of phosphoric acid groups is 1. The zero-order valence-electron chi connectivity index (χ0n) is 35.0. The maximum absolute atomic E-state index is 12.9. The molecule has 0 saturated carbocycles. The second-order valence-corrected chi connectivity index (χ2v) is 16.6. The van der Waals surface area contributed by atoms with Crippen molar-refractivity contribution in [3.8, 4) is 0 Å². The normalized spacial score (nSPS) is 13.2. The number of phosphoric ester groups is 1. The number of hydrogen-bond donors (Lipinski definition) is 1. The van der Waals surface area contributed by atoms with Crippen LogP contribution < -0.4 is 5.73 Å². The fourth-order valence-corrected chi connectivity index (χ4v) is 7.73. The van der Waals surface area contributed by atoms with Gasteiger partial charge in [0.2, 0.25) is 0 Å². The van der Waals surface area contributed by atoms with Gasteiger partial charge in [0.1, 0.15) is 6.61 Å². The van der Waals surface area contributed by atoms with Crippen LogP contribution in [-0.4, -0.2) is 51.0 Å². The number of hydrogen-bond acceptors (Lipinski definition) is 9. The standard InChI is InChI=1S/C43H86NO8P/c1-4-7-9-11-13-15-17-19-21-23-25-27-29-31-33-35-42(45)48-39-41(40-51-53(47,49-6-3)50-38-37-44)52-43(46)36-34-32-30-28-26-24-22-20-18-16-14-12-10-8-5-2/h41H,4-40,44H2,1-3H3/t41-,53?/m1/s1. The SMILES string of the molecule is CCCCCCCCCCCCCCCCCC(=O)OC[C@H](COP(=O)(OCC)OCCN)OC(=O)CCCCCCCCCCCCCCCCC. The van der Waals surface area contributed by atoms with Gasteiger partial charge in [-0.1, -0.05) is 194 Å². The van der Waals surface area contributed by atoms with E-state index in [1.54, 1.807) is 6.92 Å². The Hall–Kier alpha value is -0.990. The average Bonchev–Trinajstić information content (AvgIpc) is 3.15. The van der Waals surface area contributed by atoms with Gasteiger partial charge in [0.05, 0.1) is 19.8 Å². The van der Waals surface area contributed by atoms with Crippen LogP contribution in [0.1, 0.15) is 226 Å². The minimum absolute atomic E-state index is 0.00480. The van der Waals surface area contributed by atoms with Crippen molar-refractivity contribution in [1.29, 1.82) is 0 Å². The smallest absolute Gasteiger partial charge is 0.462 e. The van der Waals surface area contributed by atoms with E-state index in [4.69, 9.17) is 28.8 Å². The highest BCUT2D eigenvalue weighted by Crippen LogP contribution is 2.49. The minimum Gasteiger partial charge on any atom is -0.462 e. The summed E-state index contributed by atoms with van der Waals surface area (Å²) < 4.78 is 40.0. The number of esters is 2. The van der Waals surface area contributed by atoms with E-state index in [2.05, 4.69) is 13.8 Å². The van der Waals surface area contributed by atoms with E-state index in [-0.39, 0.29) is 51.3 Å². The molecule has 0 bridgehead atoms. The van der Waals surface area contributed by atoms with Crippen LogP contribution in [-0.2, 0) is 37.2 Å². The molecule has 2 atom stereocenters. The summed E-state index contributed by atoms with van der Waals surface area (Å²) in [4.78, 5) is 25.2. The van der Waals surface area contributed by atoms with Gasteiger partial charge in [0.15, 0.2) is 6.10 Å². The molecule has 0 aromatic carbocycles. The first-order chi connectivity index (χ1) is 25.9. The average molecular weight is 776 g/mol. The third-order valence-corrected chi connectivity index (χ3v) is 11.3. The van der Waals surface area contributed by atoms with E-state index in [0.717, 1.165) is 38.5 Å². The lowest BCUT2D eigenvalue weighted by molar-refractivity contribution is -0.161. The molecule has 0 aliphatic carbocycles. The summed E-state index contributed by atoms with van der Waals surface area (Å²) in [6.45, 7) is 6.00. The summed E-state index contributed by atoms with van der Waals surface area (Å²) in [5.74, 6) is -0.726. The van der Waals surface area contributed by atoms with Crippen molar-refractivity contribution < 1.29 is 37.2 Å². The first kappa shape index (κ1) is 52.0. The molecular weight excluding hydrogens is 689 g/mol. The van der Waals surface area contributed by atoms with E-state index in [0.29, 0.717) is 6.42 Å². The third-order valence-electron chi connectivity index (χ3n) is 9.77. The van der Waals surface area contributed by atoms with Crippen LogP contribution >= 0.6 is 7.82 Å². The summed E-state index contributed by atoms with van der Waals surface area (Å²) in [5.41, 5.74) is 5.50. The van der Waals surface area contributed by atoms with Gasteiger partial charge in [-0.15, -0.1) is 0 Å². The topological polar surface area (TPSA) is 123 Å². The van der Waals surface area contributed by atoms with Crippen molar-refractivity contribution in [2.75, 3.05) is 33.0 Å². The van der Waals surface area contributed by atoms with Gasteiger partial charge >= 0.3 is 19.8 Å². The van der Waals surface area contributed by atoms with Crippen molar-refractivity contribution in [1.82, 2.24) is 0 Å². The highest BCUT2D eigenvalue weighted by molar-refractivity contribution is 7.48. The lowest BCUT2D eigenvalue weighted by Gasteiger charge is -2.22. The molecular formula is C43H86NO8P. The molecule has 0 amide bonds. The van der Waals surface area contributed by atoms with E-state index < -0.39 is 13.9 Å². The van der Waals surface area contributed by atoms with Crippen molar-refractivity contribution in [3.63, 3.8) is 0 Å². The largest absolute Gasteiger partial charge is 0.474 e. The molecule has 53 heavy (non-hydrogen) atoms. The van der Waals surface area contributed by atoms with Gasteiger partial charge in [-0.25, -0.2) is 4.57 Å². The van der Waals surface area contributed by atoms with Crippen LogP contribution in [0.5, 0.6) is 0 Å². The Labute approximate surface area is 327 Å². The van der Waals surface area contributed by atoms with Crippen molar-refractivity contribution in [3.05, 3.63) is 0 Å². The van der Waals surface area contributed by atoms with Crippen LogP contribution in [0.2, 0.25) is 0 Å². The monoisotopic (exact) mass is 776 g/mol. The third kappa shape index (κ3) is 37.7.